The van der Waals surface area contributed by atoms with Crippen molar-refractivity contribution in [1.29, 1.82) is 0 Å². The molecule has 4 nitrogen and oxygen atoms in total. The van der Waals surface area contributed by atoms with Crippen molar-refractivity contribution in [3.8, 4) is 0 Å². The fourth-order valence-corrected chi connectivity index (χ4v) is 4.85. The van der Waals surface area contributed by atoms with E-state index in [2.05, 4.69) is 0 Å². The molecule has 2 unspecified atom stereocenters. The second-order valence-electron chi connectivity index (χ2n) is 4.00. The van der Waals surface area contributed by atoms with Crippen molar-refractivity contribution < 1.29 is 52.5 Å². The van der Waals surface area contributed by atoms with Gasteiger partial charge in [-0.25, -0.2) is 0 Å². The number of hydrogen-bond donors (Lipinski definition) is 0. The molecule has 1 heterocycles. The number of carboxylic acid groups (broad SMARTS) is 1. The minimum absolute atomic E-state index is 0. The second-order valence-corrected chi connectivity index (χ2v) is 7.55. The predicted molar refractivity (Wildman–Crippen MR) is 65.1 cm³/mol. The largest absolute Gasteiger partial charge is 1.00 e. The fourth-order valence-electron chi connectivity index (χ4n) is 2.07. The molecular weight excluding hydrogens is 271 g/mol. The fraction of sp³-hybridized carbons (Fsp3) is 0.364. The summed E-state index contributed by atoms with van der Waals surface area (Å²) in [5, 5.41) is 11.5. The Morgan fingerprint density at radius 2 is 1.89 bits per heavy atom. The monoisotopic (exact) mass is 283 g/mol. The Kier molecular flexibility index (Phi) is 8.23. The van der Waals surface area contributed by atoms with Crippen molar-refractivity contribution in [1.82, 2.24) is 4.67 Å². The first-order chi connectivity index (χ1) is 8.03. The smallest absolute Gasteiger partial charge is 0.807 e. The Hall–Kier alpha value is 0.455. The molecule has 1 saturated heterocycles. The second kappa shape index (κ2) is 8.03. The maximum atomic E-state index is 12.6. The third-order valence-corrected chi connectivity index (χ3v) is 6.28. The van der Waals surface area contributed by atoms with Crippen LogP contribution in [0.1, 0.15) is 12.8 Å². The maximum Gasteiger partial charge on any atom is 1.00 e. The average molecular weight is 283 g/mol. The van der Waals surface area contributed by atoms with Crippen LogP contribution >= 0.6 is 6.42 Å². The molecule has 1 aliphatic heterocycles. The van der Waals surface area contributed by atoms with Crippen LogP contribution in [-0.4, -0.2) is 23.2 Å². The molecule has 0 aromatic heterocycles. The van der Waals surface area contributed by atoms with Gasteiger partial charge in [0.05, 0.1) is 12.0 Å². The molecule has 0 N–H and O–H groups in total. The van der Waals surface area contributed by atoms with Crippen molar-refractivity contribution in [3.63, 3.8) is 0 Å². The van der Waals surface area contributed by atoms with Crippen molar-refractivity contribution in [3.05, 3.63) is 30.3 Å². The molecule has 19 heavy (non-hydrogen) atoms. The van der Waals surface area contributed by atoms with Crippen LogP contribution < -0.4 is 53.0 Å². The zero-order valence-corrected chi connectivity index (χ0v) is 12.8. The molecule has 1 aromatic rings. The van der Waals surface area contributed by atoms with E-state index in [-0.39, 0.29) is 37.7 Å². The van der Waals surface area contributed by atoms with Crippen LogP contribution in [0.3, 0.4) is 0 Å². The van der Waals surface area contributed by atoms with E-state index in [1.807, 2.05) is 0 Å². The number of hydrogen-bond acceptors (Lipinski definition) is 4. The van der Waals surface area contributed by atoms with Crippen LogP contribution in [0.25, 0.3) is 0 Å². The minimum Gasteiger partial charge on any atom is -0.807 e. The zero-order valence-electron chi connectivity index (χ0n) is 11.1. The van der Waals surface area contributed by atoms with Gasteiger partial charge in [0.25, 0.3) is 0 Å². The number of carbonyl (C=O) groups is 1. The SMILES string of the molecule is O=C([O-])C1CCCN1P([O-])(=S)c1ccccc1.[Li+].[Li+]. The summed E-state index contributed by atoms with van der Waals surface area (Å²) < 4.78 is 1.41. The van der Waals surface area contributed by atoms with Gasteiger partial charge in [-0.05, 0) is 24.6 Å². The van der Waals surface area contributed by atoms with Crippen LogP contribution in [-0.2, 0) is 16.6 Å². The Balaban J connectivity index is 0.00000162. The predicted octanol–water partition coefficient (Wildman–Crippen LogP) is -6.80. The first-order valence-corrected chi connectivity index (χ1v) is 8.05. The standard InChI is InChI=1S/C11H14NO3PS.2Li/c13-11(14)10-7-4-8-12(10)16(15,17)9-5-2-1-3-6-9;;/h1-3,5-6,10H,4,7-8H2,(H,13,14)(H,15,17);;/q;2*+1/p-2. The van der Waals surface area contributed by atoms with Gasteiger partial charge in [-0.3, -0.25) is 4.67 Å². The van der Waals surface area contributed by atoms with Gasteiger partial charge in [0.2, 0.25) is 0 Å². The van der Waals surface area contributed by atoms with Crippen molar-refractivity contribution in [2.45, 2.75) is 18.9 Å². The van der Waals surface area contributed by atoms with Gasteiger partial charge in [-0.1, -0.05) is 42.1 Å². The van der Waals surface area contributed by atoms with E-state index in [1.165, 1.54) is 4.67 Å². The number of carboxylic acids is 1. The molecule has 1 aliphatic rings. The summed E-state index contributed by atoms with van der Waals surface area (Å²) in [6.07, 6.45) is -2.07. The van der Waals surface area contributed by atoms with Crippen molar-refractivity contribution in [2.24, 2.45) is 0 Å². The van der Waals surface area contributed by atoms with Gasteiger partial charge in [-0.2, -0.15) is 0 Å². The Bertz CT molecular complexity index is 474. The molecule has 92 valence electrons. The molecule has 0 spiro atoms. The Morgan fingerprint density at radius 3 is 2.42 bits per heavy atom. The van der Waals surface area contributed by atoms with E-state index in [0.717, 1.165) is 0 Å². The third-order valence-electron chi connectivity index (χ3n) is 2.92. The van der Waals surface area contributed by atoms with E-state index >= 15 is 0 Å². The van der Waals surface area contributed by atoms with E-state index in [9.17, 15) is 14.8 Å². The van der Waals surface area contributed by atoms with Gasteiger partial charge < -0.3 is 14.8 Å². The van der Waals surface area contributed by atoms with Crippen LogP contribution in [0.5, 0.6) is 0 Å². The Labute approximate surface area is 142 Å². The number of carbonyl (C=O) groups excluding carboxylic acids is 1. The third kappa shape index (κ3) is 4.21. The quantitative estimate of drug-likeness (QED) is 0.407. The van der Waals surface area contributed by atoms with E-state index < -0.39 is 18.4 Å². The average Bonchev–Trinajstić information content (AvgIpc) is 2.80. The zero-order chi connectivity index (χ0) is 12.5. The molecule has 0 aliphatic carbocycles. The molecule has 0 saturated carbocycles. The van der Waals surface area contributed by atoms with Crippen molar-refractivity contribution >= 4 is 29.5 Å². The summed E-state index contributed by atoms with van der Waals surface area (Å²) in [7, 11) is 0. The number of benzene rings is 1. The summed E-state index contributed by atoms with van der Waals surface area (Å²) >= 11 is 5.16. The van der Waals surface area contributed by atoms with Gasteiger partial charge in [-0.15, -0.1) is 0 Å². The van der Waals surface area contributed by atoms with Gasteiger partial charge in [0.15, 0.2) is 0 Å². The molecule has 0 radical (unpaired) electrons. The van der Waals surface area contributed by atoms with Gasteiger partial charge >= 0.3 is 37.7 Å². The molecule has 1 fully saturated rings. The molecule has 0 bridgehead atoms. The van der Waals surface area contributed by atoms with E-state index in [1.54, 1.807) is 30.3 Å². The van der Waals surface area contributed by atoms with Crippen molar-refractivity contribution in [2.75, 3.05) is 6.54 Å². The van der Waals surface area contributed by atoms with Crippen LogP contribution in [0, 0.1) is 0 Å². The van der Waals surface area contributed by atoms with Gasteiger partial charge in [0, 0.05) is 6.54 Å². The normalized spacial score (nSPS) is 21.8. The first-order valence-electron chi connectivity index (χ1n) is 5.38. The molecular formula is C11H12Li2NO3PS. The van der Waals surface area contributed by atoms with E-state index in [4.69, 9.17) is 11.8 Å². The minimum atomic E-state index is -3.21. The topological polar surface area (TPSA) is 66.4 Å². The summed E-state index contributed by atoms with van der Waals surface area (Å²) in [6.45, 7) is 0.453. The molecule has 2 atom stereocenters. The summed E-state index contributed by atoms with van der Waals surface area (Å²) in [6, 6.07) is 7.84. The first kappa shape index (κ1) is 19.5. The number of rotatable bonds is 3. The number of aliphatic carboxylic acids is 1. The maximum absolute atomic E-state index is 12.6. The summed E-state index contributed by atoms with van der Waals surface area (Å²) in [4.78, 5) is 23.6. The van der Waals surface area contributed by atoms with Gasteiger partial charge in [0.1, 0.15) is 0 Å². The van der Waals surface area contributed by atoms with Crippen LogP contribution in [0.4, 0.5) is 0 Å². The van der Waals surface area contributed by atoms with Crippen LogP contribution in [0.2, 0.25) is 0 Å². The van der Waals surface area contributed by atoms with Crippen LogP contribution in [0.15, 0.2) is 30.3 Å². The number of nitrogens with zero attached hydrogens (tertiary/aromatic N) is 1. The molecule has 2 rings (SSSR count). The van der Waals surface area contributed by atoms with E-state index in [0.29, 0.717) is 24.7 Å². The Morgan fingerprint density at radius 1 is 1.32 bits per heavy atom. The molecule has 1 aromatic carbocycles. The molecule has 8 heteroatoms. The molecule has 0 amide bonds. The summed E-state index contributed by atoms with van der Waals surface area (Å²) in [5.41, 5.74) is 0. The summed E-state index contributed by atoms with van der Waals surface area (Å²) in [5.74, 6) is -1.19.